The summed E-state index contributed by atoms with van der Waals surface area (Å²) in [6, 6.07) is 0. The summed E-state index contributed by atoms with van der Waals surface area (Å²) in [5, 5.41) is 0. The maximum atomic E-state index is 10.7. The molecule has 0 bridgehead atoms. The highest BCUT2D eigenvalue weighted by Crippen LogP contribution is 2.32. The van der Waals surface area contributed by atoms with Gasteiger partial charge in [-0.25, -0.2) is 0 Å². The number of nitrogens with two attached hydrogens (primary N) is 1. The van der Waals surface area contributed by atoms with Crippen molar-refractivity contribution in [2.45, 2.75) is 37.6 Å². The predicted octanol–water partition coefficient (Wildman–Crippen LogP) is 0.821. The van der Waals surface area contributed by atoms with Crippen LogP contribution in [-0.4, -0.2) is 18.6 Å². The van der Waals surface area contributed by atoms with Gasteiger partial charge in [0, 0.05) is 12.0 Å². The third kappa shape index (κ3) is 2.19. The van der Waals surface area contributed by atoms with E-state index < -0.39 is 0 Å². The second-order valence-electron chi connectivity index (χ2n) is 3.29. The van der Waals surface area contributed by atoms with Crippen molar-refractivity contribution < 1.29 is 9.53 Å². The van der Waals surface area contributed by atoms with Crippen molar-refractivity contribution in [3.05, 3.63) is 0 Å². The van der Waals surface area contributed by atoms with Gasteiger partial charge in [-0.1, -0.05) is 0 Å². The molecule has 64 valence electrons. The molecule has 0 unspecified atom stereocenters. The van der Waals surface area contributed by atoms with E-state index in [1.165, 1.54) is 13.5 Å². The first-order valence-electron chi connectivity index (χ1n) is 4.02. The molecule has 11 heavy (non-hydrogen) atoms. The average Bonchev–Trinajstić information content (AvgIpc) is 1.96. The summed E-state index contributed by atoms with van der Waals surface area (Å²) < 4.78 is 4.52. The van der Waals surface area contributed by atoms with Gasteiger partial charge in [0.2, 0.25) is 0 Å². The fourth-order valence-corrected chi connectivity index (χ4v) is 1.33. The Morgan fingerprint density at radius 1 is 1.64 bits per heavy atom. The van der Waals surface area contributed by atoms with Gasteiger partial charge in [0.15, 0.2) is 0 Å². The molecule has 0 aliphatic heterocycles. The van der Waals surface area contributed by atoms with E-state index in [9.17, 15) is 4.79 Å². The number of hydrogen-bond acceptors (Lipinski definition) is 3. The molecule has 1 rings (SSSR count). The van der Waals surface area contributed by atoms with Crippen molar-refractivity contribution in [3.8, 4) is 0 Å². The topological polar surface area (TPSA) is 52.3 Å². The zero-order valence-corrected chi connectivity index (χ0v) is 6.93. The average molecular weight is 157 g/mol. The minimum absolute atomic E-state index is 0.0474. The zero-order valence-electron chi connectivity index (χ0n) is 6.93. The second kappa shape index (κ2) is 3.22. The van der Waals surface area contributed by atoms with Crippen molar-refractivity contribution in [1.82, 2.24) is 0 Å². The predicted molar refractivity (Wildman–Crippen MR) is 42.0 cm³/mol. The lowest BCUT2D eigenvalue weighted by Crippen LogP contribution is -2.46. The molecule has 1 aliphatic rings. The highest BCUT2D eigenvalue weighted by Gasteiger charge is 2.32. The summed E-state index contributed by atoms with van der Waals surface area (Å²) in [5.41, 5.74) is 5.85. The molecule has 0 radical (unpaired) electrons. The standard InChI is InChI=1S/C8H15NO2/c1-11-7(10)3-6-8(9)4-2-5-8/h2-6,9H2,1H3. The normalized spacial score (nSPS) is 20.5. The Hall–Kier alpha value is -0.570. The van der Waals surface area contributed by atoms with Crippen molar-refractivity contribution in [3.63, 3.8) is 0 Å². The molecular formula is C8H15NO2. The molecule has 2 N–H and O–H groups in total. The van der Waals surface area contributed by atoms with E-state index in [2.05, 4.69) is 4.74 Å². The number of carbonyl (C=O) groups excluding carboxylic acids is 1. The van der Waals surface area contributed by atoms with Gasteiger partial charge in [-0.2, -0.15) is 0 Å². The number of esters is 1. The second-order valence-corrected chi connectivity index (χ2v) is 3.29. The van der Waals surface area contributed by atoms with Crippen LogP contribution in [0, 0.1) is 0 Å². The summed E-state index contributed by atoms with van der Waals surface area (Å²) in [7, 11) is 1.41. The summed E-state index contributed by atoms with van der Waals surface area (Å²) in [5.74, 6) is -0.151. The maximum Gasteiger partial charge on any atom is 0.305 e. The summed E-state index contributed by atoms with van der Waals surface area (Å²) in [4.78, 5) is 10.7. The van der Waals surface area contributed by atoms with Crippen LogP contribution in [-0.2, 0) is 9.53 Å². The molecule has 1 saturated carbocycles. The lowest BCUT2D eigenvalue weighted by Gasteiger charge is -2.37. The maximum absolute atomic E-state index is 10.7. The molecule has 0 atom stereocenters. The van der Waals surface area contributed by atoms with Crippen molar-refractivity contribution in [2.24, 2.45) is 5.73 Å². The highest BCUT2D eigenvalue weighted by atomic mass is 16.5. The van der Waals surface area contributed by atoms with Gasteiger partial charge in [-0.05, 0) is 25.7 Å². The van der Waals surface area contributed by atoms with Crippen LogP contribution in [0.15, 0.2) is 0 Å². The quantitative estimate of drug-likeness (QED) is 0.617. The van der Waals surface area contributed by atoms with Crippen LogP contribution in [0.2, 0.25) is 0 Å². The Balaban J connectivity index is 2.16. The van der Waals surface area contributed by atoms with E-state index in [1.807, 2.05) is 0 Å². The van der Waals surface area contributed by atoms with Gasteiger partial charge >= 0.3 is 5.97 Å². The first kappa shape index (κ1) is 8.53. The molecule has 0 spiro atoms. The molecule has 0 aromatic rings. The van der Waals surface area contributed by atoms with Crippen LogP contribution < -0.4 is 5.73 Å². The number of hydrogen-bond donors (Lipinski definition) is 1. The smallest absolute Gasteiger partial charge is 0.305 e. The van der Waals surface area contributed by atoms with Crippen molar-refractivity contribution in [1.29, 1.82) is 0 Å². The lowest BCUT2D eigenvalue weighted by molar-refractivity contribution is -0.141. The number of ether oxygens (including phenoxy) is 1. The van der Waals surface area contributed by atoms with E-state index in [4.69, 9.17) is 5.73 Å². The zero-order chi connectivity index (χ0) is 8.32. The van der Waals surface area contributed by atoms with E-state index in [0.29, 0.717) is 6.42 Å². The Bertz CT molecular complexity index is 152. The van der Waals surface area contributed by atoms with Crippen molar-refractivity contribution >= 4 is 5.97 Å². The molecular weight excluding hydrogens is 142 g/mol. The Labute approximate surface area is 66.9 Å². The van der Waals surface area contributed by atoms with E-state index in [1.54, 1.807) is 0 Å². The van der Waals surface area contributed by atoms with Crippen molar-refractivity contribution in [2.75, 3.05) is 7.11 Å². The fraction of sp³-hybridized carbons (Fsp3) is 0.875. The third-order valence-electron chi connectivity index (χ3n) is 2.40. The van der Waals surface area contributed by atoms with Crippen LogP contribution in [0.5, 0.6) is 0 Å². The molecule has 1 fully saturated rings. The monoisotopic (exact) mass is 157 g/mol. The van der Waals surface area contributed by atoms with Crippen LogP contribution in [0.4, 0.5) is 0 Å². The van der Waals surface area contributed by atoms with Gasteiger partial charge in [-0.15, -0.1) is 0 Å². The summed E-state index contributed by atoms with van der Waals surface area (Å²) >= 11 is 0. The van der Waals surface area contributed by atoms with Crippen LogP contribution in [0.1, 0.15) is 32.1 Å². The van der Waals surface area contributed by atoms with Gasteiger partial charge in [0.05, 0.1) is 7.11 Å². The molecule has 0 aromatic heterocycles. The van der Waals surface area contributed by atoms with Gasteiger partial charge in [-0.3, -0.25) is 4.79 Å². The summed E-state index contributed by atoms with van der Waals surface area (Å²) in [6.07, 6.45) is 4.57. The Kier molecular flexibility index (Phi) is 2.49. The number of methoxy groups -OCH3 is 1. The molecule has 0 heterocycles. The molecule has 0 saturated heterocycles. The number of rotatable bonds is 3. The molecule has 3 nitrogen and oxygen atoms in total. The van der Waals surface area contributed by atoms with E-state index >= 15 is 0 Å². The molecule has 0 aromatic carbocycles. The van der Waals surface area contributed by atoms with Gasteiger partial charge in [0.25, 0.3) is 0 Å². The van der Waals surface area contributed by atoms with Crippen LogP contribution in [0.25, 0.3) is 0 Å². The largest absolute Gasteiger partial charge is 0.469 e. The van der Waals surface area contributed by atoms with E-state index in [0.717, 1.165) is 19.3 Å². The highest BCUT2D eigenvalue weighted by molar-refractivity contribution is 5.69. The van der Waals surface area contributed by atoms with Crippen LogP contribution >= 0.6 is 0 Å². The minimum atomic E-state index is -0.151. The molecule has 1 aliphatic carbocycles. The minimum Gasteiger partial charge on any atom is -0.469 e. The number of carbonyl (C=O) groups is 1. The third-order valence-corrected chi connectivity index (χ3v) is 2.40. The van der Waals surface area contributed by atoms with Crippen LogP contribution in [0.3, 0.4) is 0 Å². The SMILES string of the molecule is COC(=O)CCC1(N)CCC1. The molecule has 0 amide bonds. The Morgan fingerprint density at radius 3 is 2.64 bits per heavy atom. The fourth-order valence-electron chi connectivity index (χ4n) is 1.33. The van der Waals surface area contributed by atoms with Gasteiger partial charge in [0.1, 0.15) is 0 Å². The first-order valence-corrected chi connectivity index (χ1v) is 4.02. The van der Waals surface area contributed by atoms with E-state index in [-0.39, 0.29) is 11.5 Å². The molecule has 3 heteroatoms. The summed E-state index contributed by atoms with van der Waals surface area (Å²) in [6.45, 7) is 0. The van der Waals surface area contributed by atoms with Gasteiger partial charge < -0.3 is 10.5 Å². The first-order chi connectivity index (χ1) is 5.16. The Morgan fingerprint density at radius 2 is 2.27 bits per heavy atom. The lowest BCUT2D eigenvalue weighted by atomic mass is 9.75.